The van der Waals surface area contributed by atoms with E-state index in [1.165, 1.54) is 28.6 Å². The predicted octanol–water partition coefficient (Wildman–Crippen LogP) is 5.02. The van der Waals surface area contributed by atoms with Crippen molar-refractivity contribution in [1.29, 1.82) is 0 Å². The highest BCUT2D eigenvalue weighted by Gasteiger charge is 2.35. The Hall–Kier alpha value is -3.30. The van der Waals surface area contributed by atoms with Gasteiger partial charge in [0.15, 0.2) is 11.5 Å². The molecular formula is C28H33FN2O5S. The standard InChI is InChI=1S/C28H33FN2O5S/c1-20-7-5-6-8-26(20)37(32,33)31(23-12-10-22(29)11-13-23)24-15-17-30(18-16-24)19-21-9-14-25(34-2)28(36-4)27(21)35-3/h5-14,24H,15-19H2,1-4H3. The van der Waals surface area contributed by atoms with E-state index < -0.39 is 15.8 Å². The summed E-state index contributed by atoms with van der Waals surface area (Å²) in [5, 5.41) is 0. The van der Waals surface area contributed by atoms with Crippen molar-refractivity contribution >= 4 is 15.7 Å². The maximum Gasteiger partial charge on any atom is 0.264 e. The molecule has 1 saturated heterocycles. The average molecular weight is 529 g/mol. The van der Waals surface area contributed by atoms with Gasteiger partial charge >= 0.3 is 0 Å². The van der Waals surface area contributed by atoms with E-state index in [4.69, 9.17) is 14.2 Å². The Labute approximate surface area is 218 Å². The second kappa shape index (κ2) is 11.4. The SMILES string of the molecule is COc1ccc(CN2CCC(N(c3ccc(F)cc3)S(=O)(=O)c3ccccc3C)CC2)c(OC)c1OC. The molecule has 0 saturated carbocycles. The zero-order chi connectivity index (χ0) is 26.6. The van der Waals surface area contributed by atoms with E-state index in [9.17, 15) is 12.8 Å². The molecule has 1 fully saturated rings. The second-order valence-corrected chi connectivity index (χ2v) is 10.8. The molecule has 0 unspecified atom stereocenters. The summed E-state index contributed by atoms with van der Waals surface area (Å²) in [6, 6.07) is 16.2. The molecule has 1 heterocycles. The topological polar surface area (TPSA) is 68.3 Å². The minimum absolute atomic E-state index is 0.261. The number of hydrogen-bond donors (Lipinski definition) is 0. The summed E-state index contributed by atoms with van der Waals surface area (Å²) >= 11 is 0. The van der Waals surface area contributed by atoms with E-state index in [0.717, 1.165) is 5.56 Å². The third-order valence-electron chi connectivity index (χ3n) is 6.78. The molecule has 4 rings (SSSR count). The summed E-state index contributed by atoms with van der Waals surface area (Å²) in [6.45, 7) is 3.78. The summed E-state index contributed by atoms with van der Waals surface area (Å²) < 4.78 is 59.5. The molecule has 198 valence electrons. The Bertz CT molecular complexity index is 1320. The van der Waals surface area contributed by atoms with Gasteiger partial charge in [0.05, 0.1) is 31.9 Å². The summed E-state index contributed by atoms with van der Waals surface area (Å²) in [4.78, 5) is 2.53. The average Bonchev–Trinajstić information content (AvgIpc) is 2.90. The number of nitrogens with zero attached hydrogens (tertiary/aromatic N) is 2. The zero-order valence-corrected chi connectivity index (χ0v) is 22.4. The molecule has 7 nitrogen and oxygen atoms in total. The highest BCUT2D eigenvalue weighted by atomic mass is 32.2. The van der Waals surface area contributed by atoms with E-state index in [2.05, 4.69) is 4.90 Å². The summed E-state index contributed by atoms with van der Waals surface area (Å²) in [5.41, 5.74) is 2.10. The van der Waals surface area contributed by atoms with Crippen molar-refractivity contribution in [3.8, 4) is 17.2 Å². The summed E-state index contributed by atoms with van der Waals surface area (Å²) in [7, 11) is 0.903. The van der Waals surface area contributed by atoms with Gasteiger partial charge in [-0.05, 0) is 61.7 Å². The van der Waals surface area contributed by atoms with Crippen molar-refractivity contribution in [1.82, 2.24) is 4.90 Å². The molecule has 0 atom stereocenters. The highest BCUT2D eigenvalue weighted by Crippen LogP contribution is 2.40. The molecule has 1 aliphatic heterocycles. The smallest absolute Gasteiger partial charge is 0.264 e. The van der Waals surface area contributed by atoms with Crippen LogP contribution in [-0.2, 0) is 16.6 Å². The molecule has 37 heavy (non-hydrogen) atoms. The van der Waals surface area contributed by atoms with Gasteiger partial charge in [-0.3, -0.25) is 9.21 Å². The van der Waals surface area contributed by atoms with Gasteiger partial charge in [0.2, 0.25) is 5.75 Å². The van der Waals surface area contributed by atoms with Crippen molar-refractivity contribution in [2.24, 2.45) is 0 Å². The molecule has 0 radical (unpaired) electrons. The van der Waals surface area contributed by atoms with Crippen LogP contribution < -0.4 is 18.5 Å². The Morgan fingerprint density at radius 3 is 2.14 bits per heavy atom. The zero-order valence-electron chi connectivity index (χ0n) is 21.6. The van der Waals surface area contributed by atoms with E-state index >= 15 is 0 Å². The number of piperidine rings is 1. The van der Waals surface area contributed by atoms with Crippen LogP contribution in [0.25, 0.3) is 0 Å². The lowest BCUT2D eigenvalue weighted by Crippen LogP contribution is -2.47. The minimum Gasteiger partial charge on any atom is -0.493 e. The first kappa shape index (κ1) is 26.8. The molecule has 0 aliphatic carbocycles. The summed E-state index contributed by atoms with van der Waals surface area (Å²) in [6.07, 6.45) is 1.25. The maximum absolute atomic E-state index is 13.9. The third-order valence-corrected chi connectivity index (χ3v) is 8.82. The number of sulfonamides is 1. The van der Waals surface area contributed by atoms with Crippen molar-refractivity contribution in [2.45, 2.75) is 37.2 Å². The molecule has 3 aromatic rings. The molecule has 0 bridgehead atoms. The van der Waals surface area contributed by atoms with Crippen LogP contribution in [0.1, 0.15) is 24.0 Å². The number of rotatable bonds is 9. The van der Waals surface area contributed by atoms with Gasteiger partial charge in [-0.2, -0.15) is 0 Å². The predicted molar refractivity (Wildman–Crippen MR) is 142 cm³/mol. The van der Waals surface area contributed by atoms with E-state index in [0.29, 0.717) is 61.0 Å². The van der Waals surface area contributed by atoms with Crippen LogP contribution in [0.15, 0.2) is 65.6 Å². The molecular weight excluding hydrogens is 495 g/mol. The second-order valence-electron chi connectivity index (χ2n) is 9.04. The number of likely N-dealkylation sites (tertiary alicyclic amines) is 1. The number of benzene rings is 3. The first-order valence-electron chi connectivity index (χ1n) is 12.2. The lowest BCUT2D eigenvalue weighted by molar-refractivity contribution is 0.203. The fourth-order valence-corrected chi connectivity index (χ4v) is 6.87. The highest BCUT2D eigenvalue weighted by molar-refractivity contribution is 7.93. The lowest BCUT2D eigenvalue weighted by Gasteiger charge is -2.39. The van der Waals surface area contributed by atoms with Gasteiger partial charge in [0.25, 0.3) is 10.0 Å². The van der Waals surface area contributed by atoms with Crippen LogP contribution in [0.5, 0.6) is 17.2 Å². The van der Waals surface area contributed by atoms with Crippen molar-refractivity contribution in [3.63, 3.8) is 0 Å². The number of ether oxygens (including phenoxy) is 3. The largest absolute Gasteiger partial charge is 0.493 e. The van der Waals surface area contributed by atoms with Crippen molar-refractivity contribution in [3.05, 3.63) is 77.6 Å². The summed E-state index contributed by atoms with van der Waals surface area (Å²) in [5.74, 6) is 1.36. The number of methoxy groups -OCH3 is 3. The lowest BCUT2D eigenvalue weighted by atomic mass is 10.0. The Morgan fingerprint density at radius 2 is 1.54 bits per heavy atom. The van der Waals surface area contributed by atoms with Gasteiger partial charge in [0, 0.05) is 31.2 Å². The molecule has 3 aromatic carbocycles. The van der Waals surface area contributed by atoms with Crippen LogP contribution in [0.2, 0.25) is 0 Å². The van der Waals surface area contributed by atoms with E-state index in [1.807, 2.05) is 18.2 Å². The Morgan fingerprint density at radius 1 is 0.892 bits per heavy atom. The minimum atomic E-state index is -3.86. The first-order valence-corrected chi connectivity index (χ1v) is 13.6. The molecule has 0 aromatic heterocycles. The Kier molecular flexibility index (Phi) is 8.24. The molecule has 1 aliphatic rings. The normalized spacial score (nSPS) is 14.8. The van der Waals surface area contributed by atoms with Crippen LogP contribution in [0.3, 0.4) is 0 Å². The number of hydrogen-bond acceptors (Lipinski definition) is 6. The molecule has 9 heteroatoms. The fraction of sp³-hybridized carbons (Fsp3) is 0.357. The van der Waals surface area contributed by atoms with E-state index in [-0.39, 0.29) is 10.9 Å². The van der Waals surface area contributed by atoms with E-state index in [1.54, 1.807) is 46.5 Å². The van der Waals surface area contributed by atoms with Gasteiger partial charge in [-0.25, -0.2) is 12.8 Å². The van der Waals surface area contributed by atoms with Crippen LogP contribution in [0.4, 0.5) is 10.1 Å². The van der Waals surface area contributed by atoms with Gasteiger partial charge in [-0.15, -0.1) is 0 Å². The first-order chi connectivity index (χ1) is 17.8. The van der Waals surface area contributed by atoms with Gasteiger partial charge < -0.3 is 14.2 Å². The number of anilines is 1. The third kappa shape index (κ3) is 5.52. The van der Waals surface area contributed by atoms with Crippen molar-refractivity contribution in [2.75, 3.05) is 38.7 Å². The van der Waals surface area contributed by atoms with Gasteiger partial charge in [-0.1, -0.05) is 24.3 Å². The quantitative estimate of drug-likeness (QED) is 0.389. The van der Waals surface area contributed by atoms with Crippen LogP contribution in [-0.4, -0.2) is 53.8 Å². The number of halogens is 1. The molecule has 0 spiro atoms. The monoisotopic (exact) mass is 528 g/mol. The Balaban J connectivity index is 1.58. The molecule has 0 amide bonds. The van der Waals surface area contributed by atoms with Crippen molar-refractivity contribution < 1.29 is 27.0 Å². The molecule has 0 N–H and O–H groups in total. The van der Waals surface area contributed by atoms with Crippen LogP contribution >= 0.6 is 0 Å². The fourth-order valence-electron chi connectivity index (χ4n) is 4.93. The number of aryl methyl sites for hydroxylation is 1. The maximum atomic E-state index is 13.9. The van der Waals surface area contributed by atoms with Crippen LogP contribution in [0, 0.1) is 12.7 Å². The van der Waals surface area contributed by atoms with Gasteiger partial charge in [0.1, 0.15) is 5.82 Å².